The van der Waals surface area contributed by atoms with Crippen LogP contribution in [0, 0.1) is 6.92 Å². The summed E-state index contributed by atoms with van der Waals surface area (Å²) < 4.78 is 7.06. The maximum Gasteiger partial charge on any atom is 0.267 e. The first-order valence-corrected chi connectivity index (χ1v) is 6.51. The summed E-state index contributed by atoms with van der Waals surface area (Å²) >= 11 is 0. The second kappa shape index (κ2) is 6.33. The van der Waals surface area contributed by atoms with Crippen molar-refractivity contribution in [1.29, 1.82) is 0 Å². The number of rotatable bonds is 6. The second-order valence-corrected chi connectivity index (χ2v) is 4.57. The van der Waals surface area contributed by atoms with Gasteiger partial charge in [0.25, 0.3) is 5.56 Å². The van der Waals surface area contributed by atoms with Gasteiger partial charge in [0.05, 0.1) is 12.7 Å². The molecule has 0 amide bonds. The lowest BCUT2D eigenvalue weighted by Gasteiger charge is -2.02. The summed E-state index contributed by atoms with van der Waals surface area (Å²) in [6.45, 7) is 6.02. The number of aromatic nitrogens is 2. The molecule has 19 heavy (non-hydrogen) atoms. The van der Waals surface area contributed by atoms with Gasteiger partial charge in [-0.1, -0.05) is 6.92 Å². The van der Waals surface area contributed by atoms with Crippen LogP contribution in [0.3, 0.4) is 0 Å². The molecular formula is C14H19N3O2. The van der Waals surface area contributed by atoms with Crippen LogP contribution in [0.2, 0.25) is 0 Å². The lowest BCUT2D eigenvalue weighted by atomic mass is 10.3. The van der Waals surface area contributed by atoms with Crippen LogP contribution in [-0.2, 0) is 13.1 Å². The summed E-state index contributed by atoms with van der Waals surface area (Å²) in [5, 5.41) is 7.36. The molecule has 0 bridgehead atoms. The number of aryl methyl sites for hydroxylation is 1. The Balaban J connectivity index is 2.01. The van der Waals surface area contributed by atoms with E-state index in [1.54, 1.807) is 12.3 Å². The van der Waals surface area contributed by atoms with Crippen LogP contribution in [0.1, 0.15) is 30.4 Å². The molecule has 0 aliphatic heterocycles. The lowest BCUT2D eigenvalue weighted by Crippen LogP contribution is -2.22. The van der Waals surface area contributed by atoms with Crippen molar-refractivity contribution in [2.45, 2.75) is 33.4 Å². The Kier molecular flexibility index (Phi) is 4.52. The van der Waals surface area contributed by atoms with Crippen LogP contribution in [0.5, 0.6) is 0 Å². The van der Waals surface area contributed by atoms with Gasteiger partial charge in [-0.3, -0.25) is 4.79 Å². The SMILES string of the molecule is CCCNCc1ccc(Cn2ncc(C)cc2=O)o1. The van der Waals surface area contributed by atoms with Gasteiger partial charge in [-0.2, -0.15) is 5.10 Å². The summed E-state index contributed by atoms with van der Waals surface area (Å²) in [6.07, 6.45) is 2.77. The molecule has 102 valence electrons. The molecule has 0 aromatic carbocycles. The largest absolute Gasteiger partial charge is 0.463 e. The van der Waals surface area contributed by atoms with E-state index in [2.05, 4.69) is 17.3 Å². The molecule has 2 rings (SSSR count). The molecule has 1 N–H and O–H groups in total. The molecule has 0 radical (unpaired) electrons. The molecule has 2 aromatic heterocycles. The van der Waals surface area contributed by atoms with E-state index in [0.29, 0.717) is 13.1 Å². The maximum absolute atomic E-state index is 11.7. The number of hydrogen-bond acceptors (Lipinski definition) is 4. The Bertz CT molecular complexity index is 586. The summed E-state index contributed by atoms with van der Waals surface area (Å²) in [4.78, 5) is 11.7. The molecule has 0 saturated carbocycles. The van der Waals surface area contributed by atoms with Gasteiger partial charge < -0.3 is 9.73 Å². The van der Waals surface area contributed by atoms with Crippen LogP contribution in [-0.4, -0.2) is 16.3 Å². The fourth-order valence-electron chi connectivity index (χ4n) is 1.78. The fraction of sp³-hybridized carbons (Fsp3) is 0.429. The van der Waals surface area contributed by atoms with Gasteiger partial charge in [-0.05, 0) is 37.6 Å². The minimum absolute atomic E-state index is 0.109. The van der Waals surface area contributed by atoms with Gasteiger partial charge in [0.15, 0.2) is 0 Å². The number of nitrogens with one attached hydrogen (secondary N) is 1. The van der Waals surface area contributed by atoms with Gasteiger partial charge in [-0.15, -0.1) is 0 Å². The normalized spacial score (nSPS) is 10.8. The van der Waals surface area contributed by atoms with E-state index in [4.69, 9.17) is 4.42 Å². The quantitative estimate of drug-likeness (QED) is 0.804. The van der Waals surface area contributed by atoms with Crippen molar-refractivity contribution in [3.8, 4) is 0 Å². The second-order valence-electron chi connectivity index (χ2n) is 4.57. The Hall–Kier alpha value is -1.88. The monoisotopic (exact) mass is 261 g/mol. The average molecular weight is 261 g/mol. The van der Waals surface area contributed by atoms with Crippen molar-refractivity contribution in [1.82, 2.24) is 15.1 Å². The molecule has 5 nitrogen and oxygen atoms in total. The smallest absolute Gasteiger partial charge is 0.267 e. The van der Waals surface area contributed by atoms with E-state index >= 15 is 0 Å². The van der Waals surface area contributed by atoms with Crippen molar-refractivity contribution in [3.05, 3.63) is 51.8 Å². The zero-order valence-electron chi connectivity index (χ0n) is 11.3. The van der Waals surface area contributed by atoms with E-state index < -0.39 is 0 Å². The summed E-state index contributed by atoms with van der Waals surface area (Å²) in [5.41, 5.74) is 0.757. The van der Waals surface area contributed by atoms with Crippen LogP contribution >= 0.6 is 0 Å². The molecule has 2 heterocycles. The highest BCUT2D eigenvalue weighted by Gasteiger charge is 2.05. The first-order chi connectivity index (χ1) is 9.19. The highest BCUT2D eigenvalue weighted by atomic mass is 16.3. The zero-order chi connectivity index (χ0) is 13.7. The molecule has 0 aliphatic carbocycles. The number of nitrogens with zero attached hydrogens (tertiary/aromatic N) is 2. The molecule has 0 saturated heterocycles. The fourth-order valence-corrected chi connectivity index (χ4v) is 1.78. The summed E-state index contributed by atoms with van der Waals surface area (Å²) in [7, 11) is 0. The Morgan fingerprint density at radius 2 is 2.16 bits per heavy atom. The van der Waals surface area contributed by atoms with E-state index in [1.165, 1.54) is 4.68 Å². The molecule has 0 spiro atoms. The van der Waals surface area contributed by atoms with Gasteiger partial charge in [0.1, 0.15) is 18.1 Å². The Morgan fingerprint density at radius 3 is 2.89 bits per heavy atom. The van der Waals surface area contributed by atoms with Crippen molar-refractivity contribution in [2.75, 3.05) is 6.54 Å². The molecule has 5 heteroatoms. The van der Waals surface area contributed by atoms with Gasteiger partial charge in [-0.25, -0.2) is 4.68 Å². The molecule has 2 aromatic rings. The van der Waals surface area contributed by atoms with E-state index in [1.807, 2.05) is 19.1 Å². The standard InChI is InChI=1S/C14H19N3O2/c1-3-6-15-9-12-4-5-13(19-12)10-17-14(18)7-11(2)8-16-17/h4-5,7-8,15H,3,6,9-10H2,1-2H3. The zero-order valence-corrected chi connectivity index (χ0v) is 11.3. The third kappa shape index (κ3) is 3.79. The average Bonchev–Trinajstić information content (AvgIpc) is 2.81. The first-order valence-electron chi connectivity index (χ1n) is 6.51. The van der Waals surface area contributed by atoms with Crippen LogP contribution in [0.25, 0.3) is 0 Å². The summed E-state index contributed by atoms with van der Waals surface area (Å²) in [6, 6.07) is 5.38. The first kappa shape index (κ1) is 13.5. The number of furan rings is 1. The predicted molar refractivity (Wildman–Crippen MR) is 73.0 cm³/mol. The van der Waals surface area contributed by atoms with Crippen molar-refractivity contribution in [3.63, 3.8) is 0 Å². The molecule has 0 fully saturated rings. The van der Waals surface area contributed by atoms with Gasteiger partial charge in [0, 0.05) is 6.07 Å². The molecule has 0 unspecified atom stereocenters. The highest BCUT2D eigenvalue weighted by Crippen LogP contribution is 2.08. The molecule has 0 aliphatic rings. The molecular weight excluding hydrogens is 242 g/mol. The third-order valence-corrected chi connectivity index (χ3v) is 2.76. The minimum Gasteiger partial charge on any atom is -0.463 e. The van der Waals surface area contributed by atoms with E-state index in [-0.39, 0.29) is 5.56 Å². The minimum atomic E-state index is -0.109. The molecule has 0 atom stereocenters. The van der Waals surface area contributed by atoms with Crippen LogP contribution < -0.4 is 10.9 Å². The maximum atomic E-state index is 11.7. The summed E-state index contributed by atoms with van der Waals surface area (Å²) in [5.74, 6) is 1.62. The Labute approximate surface area is 112 Å². The lowest BCUT2D eigenvalue weighted by molar-refractivity contribution is 0.426. The van der Waals surface area contributed by atoms with Gasteiger partial charge in [0.2, 0.25) is 0 Å². The van der Waals surface area contributed by atoms with Crippen molar-refractivity contribution in [2.24, 2.45) is 0 Å². The van der Waals surface area contributed by atoms with Crippen LogP contribution in [0.4, 0.5) is 0 Å². The third-order valence-electron chi connectivity index (χ3n) is 2.76. The van der Waals surface area contributed by atoms with E-state index in [0.717, 1.165) is 30.0 Å². The number of hydrogen-bond donors (Lipinski definition) is 1. The van der Waals surface area contributed by atoms with Crippen LogP contribution in [0.15, 0.2) is 33.6 Å². The van der Waals surface area contributed by atoms with Crippen molar-refractivity contribution >= 4 is 0 Å². The van der Waals surface area contributed by atoms with Crippen molar-refractivity contribution < 1.29 is 4.42 Å². The van der Waals surface area contributed by atoms with Gasteiger partial charge >= 0.3 is 0 Å². The highest BCUT2D eigenvalue weighted by molar-refractivity contribution is 5.08. The topological polar surface area (TPSA) is 60.1 Å². The Morgan fingerprint density at radius 1 is 1.37 bits per heavy atom. The predicted octanol–water partition coefficient (Wildman–Crippen LogP) is 1.69. The van der Waals surface area contributed by atoms with E-state index in [9.17, 15) is 4.79 Å².